The molecule has 1 aliphatic heterocycles. The van der Waals surface area contributed by atoms with Crippen LogP contribution in [0.4, 0.5) is 9.18 Å². The average molecular weight is 509 g/mol. The van der Waals surface area contributed by atoms with Crippen LogP contribution >= 0.6 is 11.6 Å². The van der Waals surface area contributed by atoms with Gasteiger partial charge in [0.05, 0.1) is 27.8 Å². The predicted molar refractivity (Wildman–Crippen MR) is 136 cm³/mol. The van der Waals surface area contributed by atoms with E-state index in [0.717, 1.165) is 16.6 Å². The number of aromatic nitrogens is 4. The lowest BCUT2D eigenvalue weighted by Crippen LogP contribution is -2.50. The van der Waals surface area contributed by atoms with Gasteiger partial charge in [-0.3, -0.25) is 9.88 Å². The summed E-state index contributed by atoms with van der Waals surface area (Å²) in [5.74, 6) is -0.501. The summed E-state index contributed by atoms with van der Waals surface area (Å²) < 4.78 is 21.4. The number of rotatable bonds is 3. The smallest absolute Gasteiger partial charge is 0.410 e. The Balaban J connectivity index is 1.71. The first-order chi connectivity index (χ1) is 17.2. The molecule has 1 saturated heterocycles. The largest absolute Gasteiger partial charge is 0.444 e. The number of halogens is 2. The molecule has 36 heavy (non-hydrogen) atoms. The van der Waals surface area contributed by atoms with Crippen LogP contribution in [0.3, 0.4) is 0 Å². The van der Waals surface area contributed by atoms with Crippen molar-refractivity contribution in [2.45, 2.75) is 32.4 Å². The highest BCUT2D eigenvalue weighted by molar-refractivity contribution is 6.30. The van der Waals surface area contributed by atoms with Gasteiger partial charge in [0, 0.05) is 43.3 Å². The van der Waals surface area contributed by atoms with Crippen molar-refractivity contribution in [3.05, 3.63) is 71.7 Å². The molecule has 8 nitrogen and oxygen atoms in total. The van der Waals surface area contributed by atoms with Crippen molar-refractivity contribution >= 4 is 28.7 Å². The molecule has 5 rings (SSSR count). The van der Waals surface area contributed by atoms with Gasteiger partial charge in [-0.25, -0.2) is 19.2 Å². The summed E-state index contributed by atoms with van der Waals surface area (Å²) in [6.45, 7) is 7.15. The second-order valence-electron chi connectivity index (χ2n) is 9.58. The second-order valence-corrected chi connectivity index (χ2v) is 9.98. The lowest BCUT2D eigenvalue weighted by Gasteiger charge is -2.37. The van der Waals surface area contributed by atoms with E-state index < -0.39 is 23.6 Å². The van der Waals surface area contributed by atoms with Gasteiger partial charge in [-0.05, 0) is 51.1 Å². The van der Waals surface area contributed by atoms with Crippen molar-refractivity contribution in [1.82, 2.24) is 29.7 Å². The van der Waals surface area contributed by atoms with E-state index in [1.807, 2.05) is 49.7 Å². The van der Waals surface area contributed by atoms with Gasteiger partial charge in [0.2, 0.25) is 0 Å². The fourth-order valence-electron chi connectivity index (χ4n) is 4.37. The van der Waals surface area contributed by atoms with E-state index in [4.69, 9.17) is 16.3 Å². The van der Waals surface area contributed by atoms with Crippen LogP contribution in [-0.4, -0.2) is 55.7 Å². The van der Waals surface area contributed by atoms with Crippen LogP contribution in [0.1, 0.15) is 32.5 Å². The van der Waals surface area contributed by atoms with Gasteiger partial charge in [-0.1, -0.05) is 17.7 Å². The van der Waals surface area contributed by atoms with Crippen LogP contribution in [0.25, 0.3) is 28.0 Å². The zero-order valence-corrected chi connectivity index (χ0v) is 21.0. The second kappa shape index (κ2) is 9.48. The number of carbonyl (C=O) groups excluding carboxylic acids is 1. The summed E-state index contributed by atoms with van der Waals surface area (Å²) in [6, 6.07) is 9.76. The Morgan fingerprint density at radius 1 is 1.19 bits per heavy atom. The normalized spacial score (nSPS) is 16.4. The van der Waals surface area contributed by atoms with Gasteiger partial charge in [0.1, 0.15) is 23.4 Å². The summed E-state index contributed by atoms with van der Waals surface area (Å²) in [5, 5.41) is 4.12. The highest BCUT2D eigenvalue weighted by Gasteiger charge is 2.34. The monoisotopic (exact) mass is 508 g/mol. The van der Waals surface area contributed by atoms with Crippen LogP contribution < -0.4 is 5.32 Å². The standard InChI is InChI=1S/C26H26ClFN6O2/c1-26(2,3)36-25(35)33-11-10-29-13-21(33)23-22-17(20-6-4-5-9-30-20)14-34(24(22)32-15-31-23)16-7-8-19(28)18(27)12-16/h4-9,12,14-15,21,29H,10-11,13H2,1-3H3. The third-order valence-electron chi connectivity index (χ3n) is 5.92. The molecule has 0 bridgehead atoms. The summed E-state index contributed by atoms with van der Waals surface area (Å²) in [4.78, 5) is 28.6. The number of fused-ring (bicyclic) bond motifs is 1. The summed E-state index contributed by atoms with van der Waals surface area (Å²) >= 11 is 6.10. The third-order valence-corrected chi connectivity index (χ3v) is 6.21. The highest BCUT2D eigenvalue weighted by Crippen LogP contribution is 2.37. The predicted octanol–water partition coefficient (Wildman–Crippen LogP) is 5.16. The Kier molecular flexibility index (Phi) is 6.36. The number of carbonyl (C=O) groups is 1. The molecule has 186 valence electrons. The van der Waals surface area contributed by atoms with E-state index in [1.165, 1.54) is 12.4 Å². The molecule has 1 N–H and O–H groups in total. The maximum Gasteiger partial charge on any atom is 0.410 e. The van der Waals surface area contributed by atoms with Crippen molar-refractivity contribution in [2.24, 2.45) is 0 Å². The number of hydrogen-bond donors (Lipinski definition) is 1. The Labute approximate surface area is 213 Å². The molecular weight excluding hydrogens is 483 g/mol. The van der Waals surface area contributed by atoms with Crippen LogP contribution in [0.5, 0.6) is 0 Å². The molecule has 0 aliphatic carbocycles. The first-order valence-corrected chi connectivity index (χ1v) is 12.0. The van der Waals surface area contributed by atoms with Crippen molar-refractivity contribution in [3.8, 4) is 16.9 Å². The number of nitrogens with one attached hydrogen (secondary N) is 1. The molecule has 1 fully saturated rings. The van der Waals surface area contributed by atoms with Crippen LogP contribution in [0.2, 0.25) is 5.02 Å². The average Bonchev–Trinajstić information content (AvgIpc) is 3.25. The van der Waals surface area contributed by atoms with Gasteiger partial charge < -0.3 is 14.6 Å². The van der Waals surface area contributed by atoms with Crippen molar-refractivity contribution in [3.63, 3.8) is 0 Å². The minimum atomic E-state index is -0.627. The van der Waals surface area contributed by atoms with Crippen LogP contribution in [0, 0.1) is 5.82 Å². The number of ether oxygens (including phenoxy) is 1. The molecule has 1 aliphatic rings. The lowest BCUT2D eigenvalue weighted by molar-refractivity contribution is 0.0115. The van der Waals surface area contributed by atoms with Gasteiger partial charge in [0.15, 0.2) is 0 Å². The maximum atomic E-state index is 13.9. The number of hydrogen-bond acceptors (Lipinski definition) is 6. The van der Waals surface area contributed by atoms with E-state index in [9.17, 15) is 9.18 Å². The van der Waals surface area contributed by atoms with E-state index in [0.29, 0.717) is 36.7 Å². The van der Waals surface area contributed by atoms with Gasteiger partial charge >= 0.3 is 6.09 Å². The maximum absolute atomic E-state index is 13.9. The Bertz CT molecular complexity index is 1420. The SMILES string of the molecule is CC(C)(C)OC(=O)N1CCNCC1c1ncnc2c1c(-c1ccccn1)cn2-c1ccc(F)c(Cl)c1. The Hall–Kier alpha value is -3.56. The fraction of sp³-hybridized carbons (Fsp3) is 0.308. The minimum absolute atomic E-state index is 0.00981. The van der Waals surface area contributed by atoms with E-state index in [1.54, 1.807) is 23.2 Å². The van der Waals surface area contributed by atoms with E-state index in [-0.39, 0.29) is 5.02 Å². The first kappa shape index (κ1) is 24.1. The quantitative estimate of drug-likeness (QED) is 0.411. The third kappa shape index (κ3) is 4.64. The molecular formula is C26H26ClFN6O2. The van der Waals surface area contributed by atoms with Crippen LogP contribution in [0.15, 0.2) is 55.1 Å². The molecule has 0 saturated carbocycles. The molecule has 4 heterocycles. The zero-order chi connectivity index (χ0) is 25.4. The summed E-state index contributed by atoms with van der Waals surface area (Å²) in [7, 11) is 0. The summed E-state index contributed by atoms with van der Waals surface area (Å²) in [5.41, 5.74) is 2.79. The van der Waals surface area contributed by atoms with E-state index >= 15 is 0 Å². The topological polar surface area (TPSA) is 85.2 Å². The lowest BCUT2D eigenvalue weighted by atomic mass is 10.0. The van der Waals surface area contributed by atoms with Crippen molar-refractivity contribution in [1.29, 1.82) is 0 Å². The Morgan fingerprint density at radius 2 is 2.03 bits per heavy atom. The molecule has 0 radical (unpaired) electrons. The first-order valence-electron chi connectivity index (χ1n) is 11.7. The fourth-order valence-corrected chi connectivity index (χ4v) is 4.55. The molecule has 10 heteroatoms. The van der Waals surface area contributed by atoms with Crippen molar-refractivity contribution in [2.75, 3.05) is 19.6 Å². The number of benzene rings is 1. The Morgan fingerprint density at radius 3 is 2.75 bits per heavy atom. The number of piperazine rings is 1. The highest BCUT2D eigenvalue weighted by atomic mass is 35.5. The molecule has 0 spiro atoms. The number of nitrogens with zero attached hydrogens (tertiary/aromatic N) is 5. The zero-order valence-electron chi connectivity index (χ0n) is 20.2. The van der Waals surface area contributed by atoms with Gasteiger partial charge in [0.25, 0.3) is 0 Å². The number of pyridine rings is 1. The minimum Gasteiger partial charge on any atom is -0.444 e. The molecule has 1 unspecified atom stereocenters. The van der Waals surface area contributed by atoms with Gasteiger partial charge in [-0.2, -0.15) is 0 Å². The molecule has 1 atom stereocenters. The molecule has 1 aromatic carbocycles. The van der Waals surface area contributed by atoms with Crippen LogP contribution in [-0.2, 0) is 4.74 Å². The number of amides is 1. The summed E-state index contributed by atoms with van der Waals surface area (Å²) in [6.07, 6.45) is 4.68. The molecule has 3 aromatic heterocycles. The van der Waals surface area contributed by atoms with Gasteiger partial charge in [-0.15, -0.1) is 0 Å². The van der Waals surface area contributed by atoms with Crippen molar-refractivity contribution < 1.29 is 13.9 Å². The van der Waals surface area contributed by atoms with E-state index in [2.05, 4.69) is 20.3 Å². The molecule has 1 amide bonds. The molecule has 4 aromatic rings.